The Morgan fingerprint density at radius 3 is 2.69 bits per heavy atom. The van der Waals surface area contributed by atoms with Crippen molar-refractivity contribution in [3.05, 3.63) is 29.3 Å². The van der Waals surface area contributed by atoms with Crippen LogP contribution in [0.5, 0.6) is 0 Å². The minimum Gasteiger partial charge on any atom is -0.310 e. The molecule has 0 spiro atoms. The molecule has 1 unspecified atom stereocenters. The van der Waals surface area contributed by atoms with E-state index in [0.29, 0.717) is 10.5 Å². The molecule has 1 aromatic rings. The van der Waals surface area contributed by atoms with Crippen molar-refractivity contribution < 1.29 is 8.78 Å². The lowest BCUT2D eigenvalue weighted by atomic mass is 9.97. The average Bonchev–Trinajstić information content (AvgIpc) is 2.32. The molecule has 1 N–H and O–H groups in total. The number of benzene rings is 1. The van der Waals surface area contributed by atoms with Gasteiger partial charge in [0.25, 0.3) is 0 Å². The first-order chi connectivity index (χ1) is 7.72. The summed E-state index contributed by atoms with van der Waals surface area (Å²) in [6, 6.07) is 2.61. The van der Waals surface area contributed by atoms with Crippen molar-refractivity contribution in [3.8, 4) is 0 Å². The first-order valence-electron chi connectivity index (χ1n) is 5.48. The van der Waals surface area contributed by atoms with Gasteiger partial charge < -0.3 is 5.32 Å². The highest BCUT2D eigenvalue weighted by molar-refractivity contribution is 7.98. The zero-order valence-corrected chi connectivity index (χ0v) is 10.0. The summed E-state index contributed by atoms with van der Waals surface area (Å²) in [5.41, 5.74) is 0.468. The Bertz CT molecular complexity index is 376. The van der Waals surface area contributed by atoms with Gasteiger partial charge in [0.2, 0.25) is 0 Å². The van der Waals surface area contributed by atoms with E-state index in [9.17, 15) is 8.78 Å². The monoisotopic (exact) mass is 243 g/mol. The van der Waals surface area contributed by atoms with Crippen molar-refractivity contribution in [3.63, 3.8) is 0 Å². The first-order valence-corrected chi connectivity index (χ1v) is 6.71. The molecular weight excluding hydrogens is 228 g/mol. The maximum atomic E-state index is 13.8. The van der Waals surface area contributed by atoms with E-state index in [1.165, 1.54) is 23.9 Å². The van der Waals surface area contributed by atoms with Crippen LogP contribution < -0.4 is 5.32 Å². The molecule has 1 saturated heterocycles. The van der Waals surface area contributed by atoms with Gasteiger partial charge in [-0.3, -0.25) is 0 Å². The van der Waals surface area contributed by atoms with Gasteiger partial charge in [-0.2, -0.15) is 0 Å². The third-order valence-electron chi connectivity index (χ3n) is 2.96. The summed E-state index contributed by atoms with van der Waals surface area (Å²) in [4.78, 5) is 0.372. The molecule has 4 heteroatoms. The van der Waals surface area contributed by atoms with Gasteiger partial charge in [0.15, 0.2) is 0 Å². The topological polar surface area (TPSA) is 12.0 Å². The molecule has 1 aliphatic heterocycles. The van der Waals surface area contributed by atoms with Gasteiger partial charge >= 0.3 is 0 Å². The molecule has 0 aromatic heterocycles. The molecule has 1 fully saturated rings. The summed E-state index contributed by atoms with van der Waals surface area (Å²) in [5, 5.41) is 3.23. The summed E-state index contributed by atoms with van der Waals surface area (Å²) >= 11 is 1.23. The van der Waals surface area contributed by atoms with Gasteiger partial charge in [0.1, 0.15) is 11.6 Å². The normalized spacial score (nSPS) is 21.1. The first kappa shape index (κ1) is 11.9. The molecule has 88 valence electrons. The van der Waals surface area contributed by atoms with Gasteiger partial charge in [0, 0.05) is 16.5 Å². The van der Waals surface area contributed by atoms with Crippen LogP contribution in [0, 0.1) is 11.6 Å². The van der Waals surface area contributed by atoms with E-state index in [1.807, 2.05) is 0 Å². The van der Waals surface area contributed by atoms with Gasteiger partial charge in [-0.1, -0.05) is 6.42 Å². The summed E-state index contributed by atoms with van der Waals surface area (Å²) < 4.78 is 27.4. The van der Waals surface area contributed by atoms with Crippen molar-refractivity contribution in [1.82, 2.24) is 5.32 Å². The molecule has 1 aliphatic rings. The standard InChI is InChI=1S/C12H15F2NS/c1-16-12-7-9(13)8(6-10(12)14)11-4-2-3-5-15-11/h6-7,11,15H,2-5H2,1H3. The van der Waals surface area contributed by atoms with Gasteiger partial charge in [-0.15, -0.1) is 11.8 Å². The molecule has 0 amide bonds. The van der Waals surface area contributed by atoms with E-state index >= 15 is 0 Å². The second-order valence-electron chi connectivity index (χ2n) is 4.01. The lowest BCUT2D eigenvalue weighted by molar-refractivity contribution is 0.397. The smallest absolute Gasteiger partial charge is 0.137 e. The van der Waals surface area contributed by atoms with E-state index in [-0.39, 0.29) is 17.7 Å². The Balaban J connectivity index is 2.29. The lowest BCUT2D eigenvalue weighted by Gasteiger charge is -2.24. The number of nitrogens with one attached hydrogen (secondary N) is 1. The summed E-state index contributed by atoms with van der Waals surface area (Å²) in [5.74, 6) is -0.624. The van der Waals surface area contributed by atoms with E-state index in [4.69, 9.17) is 0 Å². The minimum absolute atomic E-state index is 0.0286. The summed E-state index contributed by atoms with van der Waals surface area (Å²) in [7, 11) is 0. The van der Waals surface area contributed by atoms with Crippen LogP contribution >= 0.6 is 11.8 Å². The quantitative estimate of drug-likeness (QED) is 0.798. The van der Waals surface area contributed by atoms with E-state index in [1.54, 1.807) is 6.26 Å². The molecule has 16 heavy (non-hydrogen) atoms. The van der Waals surface area contributed by atoms with Crippen molar-refractivity contribution in [2.24, 2.45) is 0 Å². The number of thioether (sulfide) groups is 1. The summed E-state index contributed by atoms with van der Waals surface area (Å²) in [6.07, 6.45) is 4.82. The van der Waals surface area contributed by atoms with Crippen molar-refractivity contribution >= 4 is 11.8 Å². The minimum atomic E-state index is -0.323. The van der Waals surface area contributed by atoms with Gasteiger partial charge in [-0.05, 0) is 37.8 Å². The van der Waals surface area contributed by atoms with Gasteiger partial charge in [0.05, 0.1) is 0 Å². The van der Waals surface area contributed by atoms with Crippen molar-refractivity contribution in [2.75, 3.05) is 12.8 Å². The SMILES string of the molecule is CSc1cc(F)c(C2CCCCN2)cc1F. The number of halogens is 2. The van der Waals surface area contributed by atoms with Crippen LogP contribution in [0.3, 0.4) is 0 Å². The van der Waals surface area contributed by atoms with Crippen molar-refractivity contribution in [1.29, 1.82) is 0 Å². The predicted octanol–water partition coefficient (Wildman–Crippen LogP) is 3.50. The number of piperidine rings is 1. The Kier molecular flexibility index (Phi) is 3.82. The fourth-order valence-corrected chi connectivity index (χ4v) is 2.56. The Morgan fingerprint density at radius 2 is 2.06 bits per heavy atom. The number of rotatable bonds is 2. The maximum absolute atomic E-state index is 13.8. The Morgan fingerprint density at radius 1 is 1.25 bits per heavy atom. The summed E-state index contributed by atoms with van der Waals surface area (Å²) in [6.45, 7) is 0.885. The Hall–Kier alpha value is -0.610. The molecule has 1 aromatic carbocycles. The van der Waals surface area contributed by atoms with Crippen LogP contribution in [0.25, 0.3) is 0 Å². The predicted molar refractivity (Wildman–Crippen MR) is 62.7 cm³/mol. The fraction of sp³-hybridized carbons (Fsp3) is 0.500. The van der Waals surface area contributed by atoms with Crippen LogP contribution in [-0.4, -0.2) is 12.8 Å². The number of hydrogen-bond acceptors (Lipinski definition) is 2. The zero-order valence-electron chi connectivity index (χ0n) is 9.22. The van der Waals surface area contributed by atoms with E-state index in [2.05, 4.69) is 5.32 Å². The highest BCUT2D eigenvalue weighted by Gasteiger charge is 2.20. The van der Waals surface area contributed by atoms with Crippen LogP contribution in [0.15, 0.2) is 17.0 Å². The van der Waals surface area contributed by atoms with Crippen molar-refractivity contribution in [2.45, 2.75) is 30.2 Å². The largest absolute Gasteiger partial charge is 0.310 e. The highest BCUT2D eigenvalue weighted by atomic mass is 32.2. The Labute approximate surface area is 98.6 Å². The molecule has 1 heterocycles. The third-order valence-corrected chi connectivity index (χ3v) is 3.71. The van der Waals surface area contributed by atoms with Crippen LogP contribution in [-0.2, 0) is 0 Å². The second kappa shape index (κ2) is 5.15. The van der Waals surface area contributed by atoms with Crippen LogP contribution in [0.2, 0.25) is 0 Å². The average molecular weight is 243 g/mol. The highest BCUT2D eigenvalue weighted by Crippen LogP contribution is 2.29. The fourth-order valence-electron chi connectivity index (χ4n) is 2.08. The molecule has 0 bridgehead atoms. The molecular formula is C12H15F2NS. The van der Waals surface area contributed by atoms with E-state index < -0.39 is 0 Å². The number of hydrogen-bond donors (Lipinski definition) is 1. The molecule has 1 nitrogen and oxygen atoms in total. The molecule has 0 aliphatic carbocycles. The van der Waals surface area contributed by atoms with Crippen LogP contribution in [0.4, 0.5) is 8.78 Å². The second-order valence-corrected chi connectivity index (χ2v) is 4.86. The maximum Gasteiger partial charge on any atom is 0.137 e. The molecule has 0 radical (unpaired) electrons. The molecule has 2 rings (SSSR count). The third kappa shape index (κ3) is 2.38. The molecule has 1 atom stereocenters. The molecule has 0 saturated carbocycles. The zero-order chi connectivity index (χ0) is 11.5. The lowest BCUT2D eigenvalue weighted by Crippen LogP contribution is -2.27. The van der Waals surface area contributed by atoms with Gasteiger partial charge in [-0.25, -0.2) is 8.78 Å². The van der Waals surface area contributed by atoms with E-state index in [0.717, 1.165) is 25.8 Å². The van der Waals surface area contributed by atoms with Crippen LogP contribution in [0.1, 0.15) is 30.9 Å².